The van der Waals surface area contributed by atoms with E-state index in [4.69, 9.17) is 4.74 Å². The molecule has 8 nitrogen and oxygen atoms in total. The molecule has 0 spiro atoms. The number of benzene rings is 1. The maximum Gasteiger partial charge on any atom is 0.308 e. The Balaban J connectivity index is 1.59. The number of piperidine rings is 1. The Morgan fingerprint density at radius 1 is 1.28 bits per heavy atom. The van der Waals surface area contributed by atoms with Gasteiger partial charge in [-0.25, -0.2) is 0 Å². The van der Waals surface area contributed by atoms with Crippen molar-refractivity contribution in [2.45, 2.75) is 19.4 Å². The van der Waals surface area contributed by atoms with Crippen molar-refractivity contribution in [2.24, 2.45) is 5.92 Å². The summed E-state index contributed by atoms with van der Waals surface area (Å²) in [5.74, 6) is 0.0489. The summed E-state index contributed by atoms with van der Waals surface area (Å²) in [6.45, 7) is 1.09. The Morgan fingerprint density at radius 2 is 2.00 bits per heavy atom. The summed E-state index contributed by atoms with van der Waals surface area (Å²) in [7, 11) is 1.39. The van der Waals surface area contributed by atoms with Crippen LogP contribution in [0.4, 0.5) is 0 Å². The molecule has 1 aromatic carbocycles. The van der Waals surface area contributed by atoms with Gasteiger partial charge in [0.15, 0.2) is 0 Å². The van der Waals surface area contributed by atoms with Crippen LogP contribution in [0.2, 0.25) is 0 Å². The van der Waals surface area contributed by atoms with E-state index in [1.165, 1.54) is 11.9 Å². The van der Waals surface area contributed by atoms with Crippen LogP contribution >= 0.6 is 15.9 Å². The number of halogens is 1. The molecule has 2 aromatic rings. The average molecular weight is 408 g/mol. The Morgan fingerprint density at radius 3 is 2.68 bits per heavy atom. The molecule has 0 radical (unpaired) electrons. The van der Waals surface area contributed by atoms with Gasteiger partial charge in [0.2, 0.25) is 11.7 Å². The van der Waals surface area contributed by atoms with E-state index in [2.05, 4.69) is 31.3 Å². The normalized spacial score (nSPS) is 15.2. The number of methoxy groups -OCH3 is 1. The van der Waals surface area contributed by atoms with Crippen molar-refractivity contribution in [1.29, 1.82) is 0 Å². The Labute approximate surface area is 153 Å². The molecule has 0 bridgehead atoms. The SMILES string of the molecule is COC(=O)C1CCN(C(=O)Cn2nnc(-c3ccccc3Br)n2)CC1. The fraction of sp³-hybridized carbons (Fsp3) is 0.438. The van der Waals surface area contributed by atoms with E-state index in [0.29, 0.717) is 31.8 Å². The van der Waals surface area contributed by atoms with E-state index in [1.54, 1.807) is 4.90 Å². The highest BCUT2D eigenvalue weighted by Crippen LogP contribution is 2.24. The minimum Gasteiger partial charge on any atom is -0.469 e. The molecule has 1 amide bonds. The molecule has 3 rings (SSSR count). The first-order valence-corrected chi connectivity index (χ1v) is 8.76. The quantitative estimate of drug-likeness (QED) is 0.713. The lowest BCUT2D eigenvalue weighted by molar-refractivity contribution is -0.149. The predicted octanol–water partition coefficient (Wildman–Crippen LogP) is 1.51. The van der Waals surface area contributed by atoms with E-state index in [9.17, 15) is 9.59 Å². The molecule has 1 aromatic heterocycles. The third kappa shape index (κ3) is 4.04. The second-order valence-electron chi connectivity index (χ2n) is 5.80. The zero-order valence-corrected chi connectivity index (χ0v) is 15.3. The molecular weight excluding hydrogens is 390 g/mol. The van der Waals surface area contributed by atoms with E-state index in [-0.39, 0.29) is 24.3 Å². The van der Waals surface area contributed by atoms with Gasteiger partial charge in [-0.2, -0.15) is 4.80 Å². The molecule has 1 aliphatic heterocycles. The van der Waals surface area contributed by atoms with Gasteiger partial charge < -0.3 is 9.64 Å². The number of aromatic nitrogens is 4. The Hall–Kier alpha value is -2.29. The van der Waals surface area contributed by atoms with Gasteiger partial charge in [0.1, 0.15) is 6.54 Å². The predicted molar refractivity (Wildman–Crippen MR) is 92.3 cm³/mol. The van der Waals surface area contributed by atoms with Crippen molar-refractivity contribution in [1.82, 2.24) is 25.1 Å². The van der Waals surface area contributed by atoms with Gasteiger partial charge >= 0.3 is 5.97 Å². The minimum atomic E-state index is -0.205. The lowest BCUT2D eigenvalue weighted by atomic mass is 9.97. The summed E-state index contributed by atoms with van der Waals surface area (Å²) in [6, 6.07) is 7.56. The first-order valence-electron chi connectivity index (χ1n) is 7.97. The zero-order chi connectivity index (χ0) is 17.8. The molecule has 1 saturated heterocycles. The van der Waals surface area contributed by atoms with Gasteiger partial charge in [-0.3, -0.25) is 9.59 Å². The lowest BCUT2D eigenvalue weighted by Crippen LogP contribution is -2.42. The second-order valence-corrected chi connectivity index (χ2v) is 6.66. The summed E-state index contributed by atoms with van der Waals surface area (Å²) in [5, 5.41) is 12.2. The second kappa shape index (κ2) is 7.73. The van der Waals surface area contributed by atoms with E-state index in [1.807, 2.05) is 24.3 Å². The van der Waals surface area contributed by atoms with Gasteiger partial charge in [0.05, 0.1) is 13.0 Å². The summed E-state index contributed by atoms with van der Waals surface area (Å²) in [4.78, 5) is 27.0. The van der Waals surface area contributed by atoms with Gasteiger partial charge in [0.25, 0.3) is 0 Å². The van der Waals surface area contributed by atoms with Crippen molar-refractivity contribution in [3.05, 3.63) is 28.7 Å². The number of tetrazole rings is 1. The molecule has 2 heterocycles. The molecular formula is C16H18BrN5O3. The van der Waals surface area contributed by atoms with E-state index < -0.39 is 0 Å². The highest BCUT2D eigenvalue weighted by atomic mass is 79.9. The first kappa shape index (κ1) is 17.5. The van der Waals surface area contributed by atoms with Crippen LogP contribution in [0.5, 0.6) is 0 Å². The van der Waals surface area contributed by atoms with Crippen LogP contribution in [-0.4, -0.2) is 57.2 Å². The molecule has 0 saturated carbocycles. The van der Waals surface area contributed by atoms with Crippen LogP contribution in [0.3, 0.4) is 0 Å². The molecule has 0 N–H and O–H groups in total. The van der Waals surface area contributed by atoms with Crippen molar-refractivity contribution in [2.75, 3.05) is 20.2 Å². The summed E-state index contributed by atoms with van der Waals surface area (Å²) in [6.07, 6.45) is 1.23. The number of ether oxygens (including phenoxy) is 1. The smallest absolute Gasteiger partial charge is 0.308 e. The topological polar surface area (TPSA) is 90.2 Å². The van der Waals surface area contributed by atoms with E-state index in [0.717, 1.165) is 10.0 Å². The average Bonchev–Trinajstić information content (AvgIpc) is 3.09. The molecule has 9 heteroatoms. The molecule has 0 unspecified atom stereocenters. The highest BCUT2D eigenvalue weighted by molar-refractivity contribution is 9.10. The minimum absolute atomic E-state index is 0.0281. The number of esters is 1. The van der Waals surface area contributed by atoms with Crippen molar-refractivity contribution >= 4 is 27.8 Å². The number of hydrogen-bond donors (Lipinski definition) is 0. The van der Waals surface area contributed by atoms with Crippen LogP contribution in [0, 0.1) is 5.92 Å². The standard InChI is InChI=1S/C16H18BrN5O3/c1-25-16(24)11-6-8-21(9-7-11)14(23)10-22-19-15(18-20-22)12-4-2-3-5-13(12)17/h2-5,11H,6-10H2,1H3. The Bertz CT molecular complexity index is 771. The van der Waals surface area contributed by atoms with Gasteiger partial charge in [-0.1, -0.05) is 28.1 Å². The largest absolute Gasteiger partial charge is 0.469 e. The van der Waals surface area contributed by atoms with Crippen molar-refractivity contribution in [3.63, 3.8) is 0 Å². The fourth-order valence-corrected chi connectivity index (χ4v) is 3.27. The monoisotopic (exact) mass is 407 g/mol. The third-order valence-electron chi connectivity index (χ3n) is 4.23. The number of likely N-dealkylation sites (tertiary alicyclic amines) is 1. The van der Waals surface area contributed by atoms with Gasteiger partial charge in [-0.05, 0) is 30.2 Å². The first-order chi connectivity index (χ1) is 12.1. The molecule has 0 aliphatic carbocycles. The highest BCUT2D eigenvalue weighted by Gasteiger charge is 2.28. The maximum absolute atomic E-state index is 12.4. The summed E-state index contributed by atoms with van der Waals surface area (Å²) >= 11 is 3.45. The Kier molecular flexibility index (Phi) is 5.42. The number of carbonyl (C=O) groups is 2. The summed E-state index contributed by atoms with van der Waals surface area (Å²) < 4.78 is 5.62. The third-order valence-corrected chi connectivity index (χ3v) is 4.92. The molecule has 0 atom stereocenters. The lowest BCUT2D eigenvalue weighted by Gasteiger charge is -2.30. The number of rotatable bonds is 4. The zero-order valence-electron chi connectivity index (χ0n) is 13.8. The van der Waals surface area contributed by atoms with Crippen molar-refractivity contribution in [3.8, 4) is 11.4 Å². The van der Waals surface area contributed by atoms with Crippen LogP contribution in [0.1, 0.15) is 12.8 Å². The summed E-state index contributed by atoms with van der Waals surface area (Å²) in [5.41, 5.74) is 0.820. The van der Waals surface area contributed by atoms with Crippen LogP contribution < -0.4 is 0 Å². The molecule has 1 fully saturated rings. The number of amides is 1. The van der Waals surface area contributed by atoms with Crippen LogP contribution in [0.15, 0.2) is 28.7 Å². The molecule has 25 heavy (non-hydrogen) atoms. The molecule has 132 valence electrons. The number of carbonyl (C=O) groups excluding carboxylic acids is 2. The van der Waals surface area contributed by atoms with Gasteiger partial charge in [-0.15, -0.1) is 10.2 Å². The number of hydrogen-bond acceptors (Lipinski definition) is 6. The van der Waals surface area contributed by atoms with Crippen LogP contribution in [-0.2, 0) is 20.9 Å². The van der Waals surface area contributed by atoms with E-state index >= 15 is 0 Å². The fourth-order valence-electron chi connectivity index (χ4n) is 2.81. The maximum atomic E-state index is 12.4. The van der Waals surface area contributed by atoms with Gasteiger partial charge in [0, 0.05) is 23.1 Å². The molecule has 1 aliphatic rings. The van der Waals surface area contributed by atoms with Crippen molar-refractivity contribution < 1.29 is 14.3 Å². The number of nitrogens with zero attached hydrogens (tertiary/aromatic N) is 5. The van der Waals surface area contributed by atoms with Crippen LogP contribution in [0.25, 0.3) is 11.4 Å².